The van der Waals surface area contributed by atoms with Gasteiger partial charge in [0.05, 0.1) is 25.2 Å². The average molecular weight is 351 g/mol. The van der Waals surface area contributed by atoms with Crippen LogP contribution in [0.25, 0.3) is 11.3 Å². The van der Waals surface area contributed by atoms with E-state index in [1.807, 2.05) is 49.0 Å². The largest absolute Gasteiger partial charge is 0.497 e. The molecule has 1 aliphatic heterocycles. The van der Waals surface area contributed by atoms with E-state index in [9.17, 15) is 4.79 Å². The molecule has 1 atom stereocenters. The number of anilines is 1. The summed E-state index contributed by atoms with van der Waals surface area (Å²) >= 11 is 0. The number of nitrogens with one attached hydrogen (secondary N) is 2. The molecule has 0 bridgehead atoms. The molecule has 0 fully saturated rings. The molecule has 134 valence electrons. The van der Waals surface area contributed by atoms with Gasteiger partial charge in [0, 0.05) is 35.1 Å². The third-order valence-electron chi connectivity index (χ3n) is 4.76. The maximum atomic E-state index is 12.3. The van der Waals surface area contributed by atoms with E-state index < -0.39 is 0 Å². The van der Waals surface area contributed by atoms with E-state index >= 15 is 0 Å². The van der Waals surface area contributed by atoms with Gasteiger partial charge in [0.25, 0.3) is 0 Å². The van der Waals surface area contributed by atoms with Gasteiger partial charge in [-0.1, -0.05) is 0 Å². The van der Waals surface area contributed by atoms with Crippen LogP contribution in [0.2, 0.25) is 0 Å². The Labute approximate surface area is 151 Å². The topological polar surface area (TPSA) is 84.8 Å². The summed E-state index contributed by atoms with van der Waals surface area (Å²) in [6.07, 6.45) is 4.03. The van der Waals surface area contributed by atoms with Gasteiger partial charge in [0.1, 0.15) is 11.6 Å². The Bertz CT molecular complexity index is 939. The Hall–Kier alpha value is -3.09. The second-order valence-electron chi connectivity index (χ2n) is 6.72. The summed E-state index contributed by atoms with van der Waals surface area (Å²) in [7, 11) is 1.64. The molecule has 7 nitrogen and oxygen atoms in total. The van der Waals surface area contributed by atoms with E-state index in [2.05, 4.69) is 20.6 Å². The minimum Gasteiger partial charge on any atom is -0.497 e. The van der Waals surface area contributed by atoms with Crippen molar-refractivity contribution in [3.8, 4) is 17.0 Å². The highest BCUT2D eigenvalue weighted by Crippen LogP contribution is 2.41. The lowest BCUT2D eigenvalue weighted by Crippen LogP contribution is -2.25. The summed E-state index contributed by atoms with van der Waals surface area (Å²) in [5.41, 5.74) is 3.93. The van der Waals surface area contributed by atoms with Crippen LogP contribution in [0.4, 0.5) is 5.82 Å². The summed E-state index contributed by atoms with van der Waals surface area (Å²) in [5, 5.41) is 14.8. The first-order chi connectivity index (χ1) is 12.6. The highest BCUT2D eigenvalue weighted by molar-refractivity contribution is 5.94. The first-order valence-corrected chi connectivity index (χ1v) is 8.63. The van der Waals surface area contributed by atoms with E-state index in [1.165, 1.54) is 0 Å². The molecule has 2 N–H and O–H groups in total. The summed E-state index contributed by atoms with van der Waals surface area (Å²) in [4.78, 5) is 12.3. The Kier molecular flexibility index (Phi) is 3.99. The van der Waals surface area contributed by atoms with Gasteiger partial charge in [-0.3, -0.25) is 9.89 Å². The molecule has 7 heteroatoms. The lowest BCUT2D eigenvalue weighted by Gasteiger charge is -2.24. The highest BCUT2D eigenvalue weighted by atomic mass is 16.5. The highest BCUT2D eigenvalue weighted by Gasteiger charge is 2.32. The van der Waals surface area contributed by atoms with Crippen LogP contribution in [0.3, 0.4) is 0 Å². The van der Waals surface area contributed by atoms with Crippen LogP contribution in [0, 0.1) is 0 Å². The van der Waals surface area contributed by atoms with Crippen LogP contribution < -0.4 is 10.1 Å². The minimum atomic E-state index is -0.0814. The molecule has 0 spiro atoms. The number of amides is 1. The van der Waals surface area contributed by atoms with Crippen molar-refractivity contribution in [2.75, 3.05) is 12.4 Å². The van der Waals surface area contributed by atoms with E-state index in [1.54, 1.807) is 13.3 Å². The number of aromatic amines is 1. The van der Waals surface area contributed by atoms with Crippen LogP contribution in [-0.4, -0.2) is 33.0 Å². The second kappa shape index (κ2) is 6.33. The van der Waals surface area contributed by atoms with Gasteiger partial charge in [0.2, 0.25) is 5.91 Å². The molecule has 0 unspecified atom stereocenters. The summed E-state index contributed by atoms with van der Waals surface area (Å²) in [6, 6.07) is 7.96. The van der Waals surface area contributed by atoms with E-state index in [0.717, 1.165) is 34.0 Å². The number of nitrogens with zero attached hydrogens (tertiary/aromatic N) is 3. The number of methoxy groups -OCH3 is 1. The standard InChI is InChI=1S/C19H21N5O2/c1-11(2)24-19-16(10-21-24)14(8-17(25)22-19)15-9-20-23-18(15)12-4-6-13(26-3)7-5-12/h4-7,9-11,14H,8H2,1-3H3,(H,20,23)(H,22,25)/t14-/m1/s1. The van der Waals surface area contributed by atoms with Crippen molar-refractivity contribution in [1.29, 1.82) is 0 Å². The first kappa shape index (κ1) is 16.4. The van der Waals surface area contributed by atoms with Crippen molar-refractivity contribution in [2.45, 2.75) is 32.2 Å². The molecule has 0 saturated carbocycles. The molecule has 0 saturated heterocycles. The zero-order valence-electron chi connectivity index (χ0n) is 15.0. The molecule has 2 aromatic heterocycles. The monoisotopic (exact) mass is 351 g/mol. The quantitative estimate of drug-likeness (QED) is 0.755. The molecule has 0 radical (unpaired) electrons. The van der Waals surface area contributed by atoms with Gasteiger partial charge in [-0.05, 0) is 38.1 Å². The van der Waals surface area contributed by atoms with Crippen LogP contribution in [-0.2, 0) is 4.79 Å². The fourth-order valence-electron chi connectivity index (χ4n) is 3.46. The number of H-pyrrole nitrogens is 1. The van der Waals surface area contributed by atoms with E-state index in [0.29, 0.717) is 6.42 Å². The Morgan fingerprint density at radius 1 is 1.19 bits per heavy atom. The number of aromatic nitrogens is 4. The number of fused-ring (bicyclic) bond motifs is 1. The van der Waals surface area contributed by atoms with E-state index in [4.69, 9.17) is 4.74 Å². The number of carbonyl (C=O) groups is 1. The van der Waals surface area contributed by atoms with Crippen molar-refractivity contribution >= 4 is 11.7 Å². The normalized spacial score (nSPS) is 16.5. The summed E-state index contributed by atoms with van der Waals surface area (Å²) < 4.78 is 7.08. The zero-order valence-corrected chi connectivity index (χ0v) is 15.0. The molecule has 3 aromatic rings. The predicted molar refractivity (Wildman–Crippen MR) is 98.3 cm³/mol. The molecule has 0 aliphatic carbocycles. The molecule has 1 aliphatic rings. The van der Waals surface area contributed by atoms with Gasteiger partial charge in [-0.2, -0.15) is 10.2 Å². The molecule has 3 heterocycles. The van der Waals surface area contributed by atoms with Crippen molar-refractivity contribution in [3.05, 3.63) is 47.8 Å². The van der Waals surface area contributed by atoms with Crippen LogP contribution >= 0.6 is 0 Å². The van der Waals surface area contributed by atoms with Crippen molar-refractivity contribution in [1.82, 2.24) is 20.0 Å². The number of carbonyl (C=O) groups excluding carboxylic acids is 1. The number of hydrogen-bond donors (Lipinski definition) is 2. The number of hydrogen-bond acceptors (Lipinski definition) is 4. The maximum absolute atomic E-state index is 12.3. The fourth-order valence-corrected chi connectivity index (χ4v) is 3.46. The number of benzene rings is 1. The van der Waals surface area contributed by atoms with Crippen LogP contribution in [0.5, 0.6) is 5.75 Å². The minimum absolute atomic E-state index is 0.00761. The number of ether oxygens (including phenoxy) is 1. The van der Waals surface area contributed by atoms with Crippen LogP contribution in [0.1, 0.15) is 43.4 Å². The number of rotatable bonds is 4. The molecular formula is C19H21N5O2. The lowest BCUT2D eigenvalue weighted by atomic mass is 9.86. The van der Waals surface area contributed by atoms with Gasteiger partial charge in [0.15, 0.2) is 0 Å². The van der Waals surface area contributed by atoms with Crippen LogP contribution in [0.15, 0.2) is 36.7 Å². The summed E-state index contributed by atoms with van der Waals surface area (Å²) in [5.74, 6) is 1.49. The molecule has 1 amide bonds. The Morgan fingerprint density at radius 3 is 2.65 bits per heavy atom. The fraction of sp³-hybridized carbons (Fsp3) is 0.316. The molecule has 26 heavy (non-hydrogen) atoms. The summed E-state index contributed by atoms with van der Waals surface area (Å²) in [6.45, 7) is 4.09. The molecular weight excluding hydrogens is 330 g/mol. The third-order valence-corrected chi connectivity index (χ3v) is 4.76. The van der Waals surface area contributed by atoms with Gasteiger partial charge in [-0.25, -0.2) is 4.68 Å². The lowest BCUT2D eigenvalue weighted by molar-refractivity contribution is -0.116. The van der Waals surface area contributed by atoms with Crippen molar-refractivity contribution in [2.24, 2.45) is 0 Å². The van der Waals surface area contributed by atoms with Gasteiger partial charge < -0.3 is 10.1 Å². The van der Waals surface area contributed by atoms with Crippen molar-refractivity contribution in [3.63, 3.8) is 0 Å². The van der Waals surface area contributed by atoms with Gasteiger partial charge in [-0.15, -0.1) is 0 Å². The molecule has 1 aromatic carbocycles. The third kappa shape index (κ3) is 2.65. The smallest absolute Gasteiger partial charge is 0.226 e. The predicted octanol–water partition coefficient (Wildman–Crippen LogP) is 3.34. The van der Waals surface area contributed by atoms with Gasteiger partial charge >= 0.3 is 0 Å². The molecule has 4 rings (SSSR count). The Morgan fingerprint density at radius 2 is 1.96 bits per heavy atom. The Balaban J connectivity index is 1.78. The zero-order chi connectivity index (χ0) is 18.3. The first-order valence-electron chi connectivity index (χ1n) is 8.63. The SMILES string of the molecule is COc1ccc(-c2[nH]ncc2[C@H]2CC(=O)Nc3c2cnn3C(C)C)cc1. The van der Waals surface area contributed by atoms with E-state index in [-0.39, 0.29) is 17.9 Å². The average Bonchev–Trinajstić information content (AvgIpc) is 3.28. The maximum Gasteiger partial charge on any atom is 0.226 e. The van der Waals surface area contributed by atoms with Crippen molar-refractivity contribution < 1.29 is 9.53 Å². The second-order valence-corrected chi connectivity index (χ2v) is 6.72.